The van der Waals surface area contributed by atoms with Gasteiger partial charge in [0.2, 0.25) is 5.43 Å². The molecule has 0 N–H and O–H groups in total. The number of rotatable bonds is 8. The number of alkyl halides is 2. The minimum Gasteiger partial charge on any atom is -0.462 e. The number of fused-ring (bicyclic) bond motifs is 2. The van der Waals surface area contributed by atoms with E-state index in [1.165, 1.54) is 15.7 Å². The Balaban J connectivity index is 1.39. The van der Waals surface area contributed by atoms with Gasteiger partial charge in [-0.3, -0.25) is 9.69 Å². The number of esters is 1. The fraction of sp³-hybridized carbons (Fsp3) is 0.281. The summed E-state index contributed by atoms with van der Waals surface area (Å²) in [5, 5.41) is -0.261. The third-order valence-electron chi connectivity index (χ3n) is 7.55. The predicted octanol–water partition coefficient (Wildman–Crippen LogP) is 6.57. The van der Waals surface area contributed by atoms with Gasteiger partial charge in [-0.25, -0.2) is 14.0 Å². The van der Waals surface area contributed by atoms with Crippen molar-refractivity contribution in [1.82, 2.24) is 9.47 Å². The van der Waals surface area contributed by atoms with E-state index >= 15 is 4.39 Å². The van der Waals surface area contributed by atoms with Crippen LogP contribution in [-0.2, 0) is 29.2 Å². The molecule has 0 saturated heterocycles. The van der Waals surface area contributed by atoms with Crippen LogP contribution >= 0.6 is 0 Å². The third-order valence-corrected chi connectivity index (χ3v) is 7.55. The molecule has 11 heteroatoms. The van der Waals surface area contributed by atoms with Crippen molar-refractivity contribution in [2.24, 2.45) is 0 Å². The summed E-state index contributed by atoms with van der Waals surface area (Å²) in [6, 6.07) is 14.9. The van der Waals surface area contributed by atoms with E-state index in [9.17, 15) is 23.2 Å². The van der Waals surface area contributed by atoms with E-state index in [4.69, 9.17) is 14.2 Å². The molecule has 1 amide bonds. The van der Waals surface area contributed by atoms with Crippen LogP contribution in [0.4, 0.5) is 18.0 Å². The number of amides is 1. The second-order valence-electron chi connectivity index (χ2n) is 10.4. The van der Waals surface area contributed by atoms with Gasteiger partial charge in [0.1, 0.15) is 18.0 Å². The molecule has 6 rings (SSSR count). The Hall–Kier alpha value is -4.80. The number of ether oxygens (including phenoxy) is 3. The SMILES string of the molecule is CCOC(=O)c1cn(C2CC2)c2c(OC(F)F)c(-c3ccc4c(c3)CN(C(=O)OCc3ccccc3)C4)c(F)cc2c1=O. The molecule has 4 aromatic rings. The van der Waals surface area contributed by atoms with Gasteiger partial charge < -0.3 is 18.8 Å². The maximum Gasteiger partial charge on any atom is 0.410 e. The standard InChI is InChI=1S/C32H27F3N2O6/c1-2-41-30(39)24-16-37(22-10-11-22)27-23(28(24)38)13-25(33)26(29(27)43-31(34)35)19-8-9-20-14-36(15-21(20)12-19)32(40)42-17-18-6-4-3-5-7-18/h3-9,12-13,16,22,31H,2,10-11,14-15,17H2,1H3. The molecule has 0 radical (unpaired) electrons. The van der Waals surface area contributed by atoms with Crippen LogP contribution in [0.2, 0.25) is 0 Å². The zero-order valence-corrected chi connectivity index (χ0v) is 23.1. The van der Waals surface area contributed by atoms with Crippen molar-refractivity contribution in [3.8, 4) is 16.9 Å². The Labute approximate surface area is 244 Å². The van der Waals surface area contributed by atoms with Gasteiger partial charge in [-0.05, 0) is 54.2 Å². The van der Waals surface area contributed by atoms with Crippen LogP contribution in [0.5, 0.6) is 5.75 Å². The van der Waals surface area contributed by atoms with Crippen LogP contribution in [0.1, 0.15) is 52.9 Å². The van der Waals surface area contributed by atoms with Gasteiger partial charge in [0.05, 0.1) is 23.1 Å². The molecule has 1 aliphatic carbocycles. The second kappa shape index (κ2) is 11.5. The molecule has 8 nitrogen and oxygen atoms in total. The number of carbonyl (C=O) groups is 2. The van der Waals surface area contributed by atoms with Gasteiger partial charge in [0, 0.05) is 25.3 Å². The van der Waals surface area contributed by atoms with Crippen molar-refractivity contribution < 1.29 is 37.0 Å². The lowest BCUT2D eigenvalue weighted by atomic mass is 9.97. The normalized spacial score (nSPS) is 14.2. The Morgan fingerprint density at radius 2 is 1.74 bits per heavy atom. The molecule has 0 bridgehead atoms. The second-order valence-corrected chi connectivity index (χ2v) is 10.4. The van der Waals surface area contributed by atoms with Crippen LogP contribution in [0.3, 0.4) is 0 Å². The minimum atomic E-state index is -3.32. The molecule has 0 unspecified atom stereocenters. The van der Waals surface area contributed by atoms with Gasteiger partial charge in [0.15, 0.2) is 5.75 Å². The lowest BCUT2D eigenvalue weighted by Gasteiger charge is -2.20. The van der Waals surface area contributed by atoms with E-state index in [-0.39, 0.29) is 59.9 Å². The van der Waals surface area contributed by atoms with Crippen LogP contribution in [0, 0.1) is 5.82 Å². The molecule has 1 aliphatic heterocycles. The highest BCUT2D eigenvalue weighted by atomic mass is 19.3. The lowest BCUT2D eigenvalue weighted by Crippen LogP contribution is -2.25. The van der Waals surface area contributed by atoms with E-state index in [2.05, 4.69) is 0 Å². The fourth-order valence-corrected chi connectivity index (χ4v) is 5.41. The number of hydrogen-bond donors (Lipinski definition) is 0. The van der Waals surface area contributed by atoms with Gasteiger partial charge in [-0.1, -0.05) is 42.5 Å². The maximum atomic E-state index is 15.9. The Bertz CT molecular complexity index is 1790. The van der Waals surface area contributed by atoms with Crippen LogP contribution in [0.15, 0.2) is 65.6 Å². The number of pyridine rings is 1. The summed E-state index contributed by atoms with van der Waals surface area (Å²) < 4.78 is 60.4. The monoisotopic (exact) mass is 592 g/mol. The summed E-state index contributed by atoms with van der Waals surface area (Å²) in [7, 11) is 0. The molecule has 1 fully saturated rings. The van der Waals surface area contributed by atoms with Crippen molar-refractivity contribution in [1.29, 1.82) is 0 Å². The molecule has 2 aliphatic rings. The third kappa shape index (κ3) is 5.54. The van der Waals surface area contributed by atoms with Crippen molar-refractivity contribution in [2.75, 3.05) is 6.61 Å². The topological polar surface area (TPSA) is 87.1 Å². The number of carbonyl (C=O) groups excluding carboxylic acids is 2. The highest BCUT2D eigenvalue weighted by molar-refractivity contribution is 5.98. The lowest BCUT2D eigenvalue weighted by molar-refractivity contribution is -0.0487. The number of hydrogen-bond acceptors (Lipinski definition) is 6. The average molecular weight is 593 g/mol. The predicted molar refractivity (Wildman–Crippen MR) is 150 cm³/mol. The first-order chi connectivity index (χ1) is 20.7. The van der Waals surface area contributed by atoms with E-state index in [0.717, 1.165) is 17.2 Å². The largest absolute Gasteiger partial charge is 0.462 e. The number of halogens is 3. The molecule has 222 valence electrons. The quantitative estimate of drug-likeness (QED) is 0.215. The highest BCUT2D eigenvalue weighted by Gasteiger charge is 2.32. The van der Waals surface area contributed by atoms with Gasteiger partial charge in [-0.2, -0.15) is 8.78 Å². The average Bonchev–Trinajstić information content (AvgIpc) is 3.74. The summed E-state index contributed by atoms with van der Waals surface area (Å²) in [5.74, 6) is -2.35. The van der Waals surface area contributed by atoms with Crippen molar-refractivity contribution in [2.45, 2.75) is 52.1 Å². The highest BCUT2D eigenvalue weighted by Crippen LogP contribution is 2.45. The van der Waals surface area contributed by atoms with Gasteiger partial charge in [0.25, 0.3) is 0 Å². The molecule has 0 atom stereocenters. The van der Waals surface area contributed by atoms with E-state index in [1.807, 2.05) is 30.3 Å². The van der Waals surface area contributed by atoms with E-state index < -0.39 is 35.7 Å². The summed E-state index contributed by atoms with van der Waals surface area (Å²) >= 11 is 0. The number of aromatic nitrogens is 1. The first kappa shape index (κ1) is 28.3. The van der Waals surface area contributed by atoms with Crippen molar-refractivity contribution in [3.63, 3.8) is 0 Å². The first-order valence-electron chi connectivity index (χ1n) is 13.9. The molecular weight excluding hydrogens is 565 g/mol. The van der Waals surface area contributed by atoms with Crippen LogP contribution in [-0.4, -0.2) is 34.7 Å². The number of benzene rings is 3. The Morgan fingerprint density at radius 3 is 2.44 bits per heavy atom. The molecule has 43 heavy (non-hydrogen) atoms. The smallest absolute Gasteiger partial charge is 0.410 e. The van der Waals surface area contributed by atoms with Crippen LogP contribution < -0.4 is 10.2 Å². The fourth-order valence-electron chi connectivity index (χ4n) is 5.41. The maximum absolute atomic E-state index is 15.9. The van der Waals surface area contributed by atoms with E-state index in [0.29, 0.717) is 18.4 Å². The molecule has 2 heterocycles. The zero-order valence-electron chi connectivity index (χ0n) is 23.1. The summed E-state index contributed by atoms with van der Waals surface area (Å²) in [5.41, 5.74) is 1.13. The molecular formula is C32H27F3N2O6. The molecule has 3 aromatic carbocycles. The minimum absolute atomic E-state index is 0.0211. The van der Waals surface area contributed by atoms with Crippen LogP contribution in [0.25, 0.3) is 22.0 Å². The zero-order chi connectivity index (χ0) is 30.2. The first-order valence-corrected chi connectivity index (χ1v) is 13.9. The molecule has 1 saturated carbocycles. The van der Waals surface area contributed by atoms with Crippen molar-refractivity contribution >= 4 is 23.0 Å². The summed E-state index contributed by atoms with van der Waals surface area (Å²) in [6.45, 7) is -1.17. The molecule has 1 aromatic heterocycles. The Morgan fingerprint density at radius 1 is 1.00 bits per heavy atom. The van der Waals surface area contributed by atoms with E-state index in [1.54, 1.807) is 25.1 Å². The molecule has 0 spiro atoms. The van der Waals surface area contributed by atoms with Crippen molar-refractivity contribution in [3.05, 3.63) is 99.1 Å². The van der Waals surface area contributed by atoms with Gasteiger partial charge >= 0.3 is 18.7 Å². The summed E-state index contributed by atoms with van der Waals surface area (Å²) in [4.78, 5) is 40.1. The summed E-state index contributed by atoms with van der Waals surface area (Å²) in [6.07, 6.45) is 2.11. The van der Waals surface area contributed by atoms with Gasteiger partial charge in [-0.15, -0.1) is 0 Å². The number of nitrogens with zero attached hydrogens (tertiary/aromatic N) is 2. The Kier molecular flexibility index (Phi) is 7.55.